The number of hydrogen-bond donors (Lipinski definition) is 1. The van der Waals surface area contributed by atoms with E-state index >= 15 is 0 Å². The highest BCUT2D eigenvalue weighted by Crippen LogP contribution is 2.42. The van der Waals surface area contributed by atoms with Crippen molar-refractivity contribution in [2.45, 2.75) is 43.7 Å². The summed E-state index contributed by atoms with van der Waals surface area (Å²) in [7, 11) is 0. The van der Waals surface area contributed by atoms with Crippen LogP contribution in [0.4, 0.5) is 5.69 Å². The molecule has 2 amide bonds. The molecule has 2 aliphatic rings. The first-order valence-corrected chi connectivity index (χ1v) is 14.2. The minimum atomic E-state index is -0.0720. The van der Waals surface area contributed by atoms with Crippen molar-refractivity contribution in [1.29, 1.82) is 0 Å². The van der Waals surface area contributed by atoms with E-state index in [1.807, 2.05) is 65.6 Å². The Balaban J connectivity index is 1.21. The van der Waals surface area contributed by atoms with Crippen molar-refractivity contribution in [3.8, 4) is 0 Å². The Morgan fingerprint density at radius 1 is 0.974 bits per heavy atom. The highest BCUT2D eigenvalue weighted by atomic mass is 32.2. The van der Waals surface area contributed by atoms with Gasteiger partial charge < -0.3 is 10.2 Å². The molecule has 39 heavy (non-hydrogen) atoms. The van der Waals surface area contributed by atoms with Crippen molar-refractivity contribution >= 4 is 35.3 Å². The highest BCUT2D eigenvalue weighted by Gasteiger charge is 2.29. The van der Waals surface area contributed by atoms with Gasteiger partial charge in [0.1, 0.15) is 0 Å². The van der Waals surface area contributed by atoms with Gasteiger partial charge in [0.2, 0.25) is 0 Å². The molecule has 1 N–H and O–H groups in total. The first-order valence-electron chi connectivity index (χ1n) is 13.4. The van der Waals surface area contributed by atoms with Crippen LogP contribution in [0.1, 0.15) is 57.1 Å². The van der Waals surface area contributed by atoms with Crippen LogP contribution >= 0.6 is 11.8 Å². The second-order valence-corrected chi connectivity index (χ2v) is 11.3. The molecule has 4 aromatic rings. The van der Waals surface area contributed by atoms with Crippen LogP contribution in [0, 0.1) is 6.92 Å². The predicted molar refractivity (Wildman–Crippen MR) is 159 cm³/mol. The van der Waals surface area contributed by atoms with Gasteiger partial charge in [0.05, 0.1) is 23.2 Å². The number of fused-ring (bicyclic) bond motifs is 2. The summed E-state index contributed by atoms with van der Waals surface area (Å²) in [4.78, 5) is 30.3. The minimum Gasteiger partial charge on any atom is -0.345 e. The van der Waals surface area contributed by atoms with Gasteiger partial charge in [-0.25, -0.2) is 0 Å². The minimum absolute atomic E-state index is 0.0158. The van der Waals surface area contributed by atoms with Crippen molar-refractivity contribution < 1.29 is 9.59 Å². The molecule has 0 aromatic heterocycles. The number of para-hydroxylation sites is 1. The van der Waals surface area contributed by atoms with Crippen LogP contribution in [0.5, 0.6) is 0 Å². The van der Waals surface area contributed by atoms with E-state index in [-0.39, 0.29) is 17.9 Å². The van der Waals surface area contributed by atoms with Crippen LogP contribution in [-0.4, -0.2) is 11.8 Å². The van der Waals surface area contributed by atoms with E-state index in [9.17, 15) is 9.59 Å². The maximum Gasteiger partial charge on any atom is 0.265 e. The Morgan fingerprint density at radius 3 is 2.62 bits per heavy atom. The molecule has 0 unspecified atom stereocenters. The second-order valence-electron chi connectivity index (χ2n) is 10.2. The summed E-state index contributed by atoms with van der Waals surface area (Å²) in [6.45, 7) is 2.58. The molecule has 1 aliphatic heterocycles. The second kappa shape index (κ2) is 11.0. The summed E-state index contributed by atoms with van der Waals surface area (Å²) in [6, 6.07) is 32.2. The molecular formula is C34H30N2O2S. The zero-order valence-electron chi connectivity index (χ0n) is 21.9. The number of carbonyl (C=O) groups excluding carboxylic acids is 2. The van der Waals surface area contributed by atoms with Gasteiger partial charge in [0, 0.05) is 10.5 Å². The molecule has 4 nitrogen and oxygen atoms in total. The van der Waals surface area contributed by atoms with Gasteiger partial charge in [0.15, 0.2) is 0 Å². The molecule has 0 spiro atoms. The Labute approximate surface area is 233 Å². The van der Waals surface area contributed by atoms with E-state index < -0.39 is 0 Å². The fraction of sp³-hybridized carbons (Fsp3) is 0.176. The molecule has 0 saturated carbocycles. The lowest BCUT2D eigenvalue weighted by molar-refractivity contribution is -0.114. The average molecular weight is 531 g/mol. The number of carbonyl (C=O) groups is 2. The first-order chi connectivity index (χ1) is 19.0. The molecule has 0 radical (unpaired) electrons. The van der Waals surface area contributed by atoms with E-state index in [2.05, 4.69) is 54.7 Å². The lowest BCUT2D eigenvalue weighted by atomic mass is 9.87. The molecule has 1 atom stereocenters. The maximum atomic E-state index is 13.7. The van der Waals surface area contributed by atoms with Gasteiger partial charge in [-0.1, -0.05) is 90.1 Å². The zero-order chi connectivity index (χ0) is 26.8. The van der Waals surface area contributed by atoms with Gasteiger partial charge in [-0.05, 0) is 78.8 Å². The van der Waals surface area contributed by atoms with Crippen molar-refractivity contribution in [2.24, 2.45) is 0 Å². The molecular weight excluding hydrogens is 500 g/mol. The predicted octanol–water partition coefficient (Wildman–Crippen LogP) is 7.48. The van der Waals surface area contributed by atoms with E-state index in [1.165, 1.54) is 28.5 Å². The Hall–Kier alpha value is -4.09. The molecule has 0 saturated heterocycles. The Bertz CT molecular complexity index is 1570. The van der Waals surface area contributed by atoms with Crippen LogP contribution in [0.15, 0.2) is 107 Å². The van der Waals surface area contributed by atoms with Gasteiger partial charge >= 0.3 is 0 Å². The largest absolute Gasteiger partial charge is 0.345 e. The summed E-state index contributed by atoms with van der Waals surface area (Å²) >= 11 is 1.50. The third-order valence-corrected chi connectivity index (χ3v) is 8.48. The number of thioether (sulfide) groups is 1. The Kier molecular flexibility index (Phi) is 7.08. The van der Waals surface area contributed by atoms with E-state index in [1.54, 1.807) is 0 Å². The number of rotatable bonds is 5. The van der Waals surface area contributed by atoms with E-state index in [4.69, 9.17) is 0 Å². The SMILES string of the molecule is Cc1cccc(CN2C(=O)/C(=C\c3ccc(C(=O)N[C@@H]4CCCc5ccccc54)cc3)Sc3ccccc32)c1. The maximum absolute atomic E-state index is 13.7. The topological polar surface area (TPSA) is 49.4 Å². The smallest absolute Gasteiger partial charge is 0.265 e. The van der Waals surface area contributed by atoms with Gasteiger partial charge in [0.25, 0.3) is 11.8 Å². The summed E-state index contributed by atoms with van der Waals surface area (Å²) in [5.74, 6) is -0.0877. The summed E-state index contributed by atoms with van der Waals surface area (Å²) in [6.07, 6.45) is 5.01. The number of hydrogen-bond acceptors (Lipinski definition) is 3. The third-order valence-electron chi connectivity index (χ3n) is 7.40. The lowest BCUT2D eigenvalue weighted by Gasteiger charge is -2.30. The van der Waals surface area contributed by atoms with E-state index in [0.29, 0.717) is 17.0 Å². The summed E-state index contributed by atoms with van der Waals surface area (Å²) < 4.78 is 0. The highest BCUT2D eigenvalue weighted by molar-refractivity contribution is 8.04. The third kappa shape index (κ3) is 5.41. The molecule has 5 heteroatoms. The van der Waals surface area contributed by atoms with Crippen LogP contribution in [-0.2, 0) is 17.8 Å². The number of aryl methyl sites for hydroxylation is 2. The van der Waals surface area contributed by atoms with Crippen LogP contribution < -0.4 is 10.2 Å². The first kappa shape index (κ1) is 25.2. The van der Waals surface area contributed by atoms with E-state index in [0.717, 1.165) is 41.0 Å². The van der Waals surface area contributed by atoms with Crippen molar-refractivity contribution in [3.63, 3.8) is 0 Å². The van der Waals surface area contributed by atoms with Crippen molar-refractivity contribution in [2.75, 3.05) is 4.90 Å². The lowest BCUT2D eigenvalue weighted by Crippen LogP contribution is -2.33. The molecule has 1 aliphatic carbocycles. The van der Waals surface area contributed by atoms with Crippen LogP contribution in [0.2, 0.25) is 0 Å². The number of amides is 2. The molecule has 4 aromatic carbocycles. The number of nitrogens with zero attached hydrogens (tertiary/aromatic N) is 1. The Morgan fingerprint density at radius 2 is 1.77 bits per heavy atom. The van der Waals surface area contributed by atoms with Crippen LogP contribution in [0.3, 0.4) is 0 Å². The van der Waals surface area contributed by atoms with Crippen molar-refractivity contribution in [1.82, 2.24) is 5.32 Å². The van der Waals surface area contributed by atoms with Gasteiger partial charge in [-0.2, -0.15) is 0 Å². The average Bonchev–Trinajstić information content (AvgIpc) is 2.96. The molecule has 6 rings (SSSR count). The number of nitrogens with one attached hydrogen (secondary N) is 1. The standard InChI is InChI=1S/C34H30N2O2S/c1-23-8-6-9-25(20-23)22-36-30-14-4-5-15-31(30)39-32(34(36)38)21-24-16-18-27(19-17-24)33(37)35-29-13-7-11-26-10-2-3-12-28(26)29/h2-6,8-10,12,14-21,29H,7,11,13,22H2,1H3,(H,35,37)/b32-21+/t29-/m1/s1. The fourth-order valence-corrected chi connectivity index (χ4v) is 6.50. The zero-order valence-corrected chi connectivity index (χ0v) is 22.7. The molecule has 0 fully saturated rings. The fourth-order valence-electron chi connectivity index (χ4n) is 5.44. The summed E-state index contributed by atoms with van der Waals surface area (Å²) in [5, 5.41) is 3.22. The monoisotopic (exact) mass is 530 g/mol. The normalized spacial score (nSPS) is 17.5. The van der Waals surface area contributed by atoms with Crippen LogP contribution in [0.25, 0.3) is 6.08 Å². The van der Waals surface area contributed by atoms with Gasteiger partial charge in [-0.3, -0.25) is 9.59 Å². The van der Waals surface area contributed by atoms with Gasteiger partial charge in [-0.15, -0.1) is 0 Å². The number of anilines is 1. The van der Waals surface area contributed by atoms with Crippen molar-refractivity contribution in [3.05, 3.63) is 135 Å². The number of benzene rings is 4. The quantitative estimate of drug-likeness (QED) is 0.272. The summed E-state index contributed by atoms with van der Waals surface area (Å²) in [5.41, 5.74) is 7.26. The molecule has 194 valence electrons. The molecule has 0 bridgehead atoms. The molecule has 1 heterocycles.